The van der Waals surface area contributed by atoms with Crippen molar-refractivity contribution >= 4 is 5.91 Å². The second kappa shape index (κ2) is 4.55. The first kappa shape index (κ1) is 12.5. The number of halogens is 3. The summed E-state index contributed by atoms with van der Waals surface area (Å²) in [5, 5.41) is 1.89. The maximum Gasteiger partial charge on any atom is 0.471 e. The zero-order chi connectivity index (χ0) is 12.3. The molecule has 1 aromatic carbocycles. The summed E-state index contributed by atoms with van der Waals surface area (Å²) in [7, 11) is 0. The molecule has 5 heteroatoms. The summed E-state index contributed by atoms with van der Waals surface area (Å²) in [6.45, 7) is 3.39. The van der Waals surface area contributed by atoms with E-state index in [9.17, 15) is 18.0 Å². The fraction of sp³-hybridized carbons (Fsp3) is 0.364. The van der Waals surface area contributed by atoms with E-state index in [-0.39, 0.29) is 0 Å². The van der Waals surface area contributed by atoms with Gasteiger partial charge in [-0.3, -0.25) is 4.79 Å². The number of carbonyl (C=O) groups excluding carboxylic acids is 1. The van der Waals surface area contributed by atoms with Gasteiger partial charge in [-0.25, -0.2) is 0 Å². The van der Waals surface area contributed by atoms with Crippen LogP contribution in [0.4, 0.5) is 13.2 Å². The topological polar surface area (TPSA) is 29.1 Å². The van der Waals surface area contributed by atoms with Crippen LogP contribution in [-0.4, -0.2) is 12.1 Å². The Morgan fingerprint density at radius 3 is 2.19 bits per heavy atom. The lowest BCUT2D eigenvalue weighted by Gasteiger charge is -2.15. The molecular weight excluding hydrogens is 219 g/mol. The molecule has 1 amide bonds. The molecule has 1 rings (SSSR count). The van der Waals surface area contributed by atoms with Crippen LogP contribution in [0.5, 0.6) is 0 Å². The smallest absolute Gasteiger partial charge is 0.342 e. The Morgan fingerprint density at radius 1 is 1.25 bits per heavy atom. The van der Waals surface area contributed by atoms with Crippen LogP contribution in [0.15, 0.2) is 24.3 Å². The Bertz CT molecular complexity index is 370. The highest BCUT2D eigenvalue weighted by Crippen LogP contribution is 2.18. The van der Waals surface area contributed by atoms with Gasteiger partial charge in [-0.1, -0.05) is 29.8 Å². The van der Waals surface area contributed by atoms with E-state index in [2.05, 4.69) is 0 Å². The Hall–Kier alpha value is -1.52. The molecule has 0 saturated heterocycles. The molecule has 0 aliphatic carbocycles. The minimum Gasteiger partial charge on any atom is -0.342 e. The third-order valence-corrected chi connectivity index (χ3v) is 2.18. The standard InChI is InChI=1S/C11H12F3NO/c1-7-3-5-9(6-4-7)8(2)15-10(16)11(12,13)14/h3-6,8H,1-2H3,(H,15,16)/t8-/m0/s1. The third kappa shape index (κ3) is 3.25. The molecule has 0 unspecified atom stereocenters. The first-order valence-electron chi connectivity index (χ1n) is 4.75. The minimum absolute atomic E-state index is 0.642. The van der Waals surface area contributed by atoms with E-state index >= 15 is 0 Å². The molecule has 0 saturated carbocycles. The average molecular weight is 231 g/mol. The summed E-state index contributed by atoms with van der Waals surface area (Å²) in [5.41, 5.74) is 1.65. The van der Waals surface area contributed by atoms with Gasteiger partial charge in [-0.15, -0.1) is 0 Å². The maximum absolute atomic E-state index is 12.0. The van der Waals surface area contributed by atoms with Crippen LogP contribution in [0.25, 0.3) is 0 Å². The summed E-state index contributed by atoms with van der Waals surface area (Å²) in [6, 6.07) is 6.29. The van der Waals surface area contributed by atoms with E-state index in [0.29, 0.717) is 5.56 Å². The van der Waals surface area contributed by atoms with Gasteiger partial charge in [-0.05, 0) is 19.4 Å². The van der Waals surface area contributed by atoms with Crippen molar-refractivity contribution in [3.05, 3.63) is 35.4 Å². The van der Waals surface area contributed by atoms with Crippen molar-refractivity contribution in [3.63, 3.8) is 0 Å². The van der Waals surface area contributed by atoms with E-state index in [0.717, 1.165) is 5.56 Å². The third-order valence-electron chi connectivity index (χ3n) is 2.18. The van der Waals surface area contributed by atoms with Gasteiger partial charge in [-0.2, -0.15) is 13.2 Å². The highest BCUT2D eigenvalue weighted by Gasteiger charge is 2.39. The highest BCUT2D eigenvalue weighted by atomic mass is 19.4. The van der Waals surface area contributed by atoms with Gasteiger partial charge in [0.15, 0.2) is 0 Å². The summed E-state index contributed by atoms with van der Waals surface area (Å²) >= 11 is 0. The normalized spacial score (nSPS) is 13.3. The van der Waals surface area contributed by atoms with Crippen LogP contribution in [0.2, 0.25) is 0 Å². The number of amides is 1. The SMILES string of the molecule is Cc1ccc([C@H](C)NC(=O)C(F)(F)F)cc1. The number of nitrogens with one attached hydrogen (secondary N) is 1. The predicted octanol–water partition coefficient (Wildman–Crippen LogP) is 2.73. The molecule has 0 aliphatic heterocycles. The zero-order valence-corrected chi connectivity index (χ0v) is 8.93. The fourth-order valence-electron chi connectivity index (χ4n) is 1.22. The lowest BCUT2D eigenvalue weighted by molar-refractivity contribution is -0.174. The molecule has 16 heavy (non-hydrogen) atoms. The molecule has 0 aromatic heterocycles. The number of carbonyl (C=O) groups is 1. The first-order valence-corrected chi connectivity index (χ1v) is 4.75. The quantitative estimate of drug-likeness (QED) is 0.833. The number of alkyl halides is 3. The van der Waals surface area contributed by atoms with E-state index in [1.807, 2.05) is 12.2 Å². The molecule has 0 radical (unpaired) electrons. The average Bonchev–Trinajstić information content (AvgIpc) is 2.17. The Balaban J connectivity index is 2.69. The predicted molar refractivity (Wildman–Crippen MR) is 53.8 cm³/mol. The van der Waals surface area contributed by atoms with Crippen LogP contribution in [0.1, 0.15) is 24.1 Å². The summed E-state index contributed by atoms with van der Waals surface area (Å²) < 4.78 is 35.9. The number of benzene rings is 1. The second-order valence-electron chi connectivity index (χ2n) is 3.60. The van der Waals surface area contributed by atoms with Crippen molar-refractivity contribution in [2.45, 2.75) is 26.1 Å². The van der Waals surface area contributed by atoms with Crippen molar-refractivity contribution in [3.8, 4) is 0 Å². The van der Waals surface area contributed by atoms with E-state index in [1.165, 1.54) is 6.92 Å². The highest BCUT2D eigenvalue weighted by molar-refractivity contribution is 5.82. The number of hydrogen-bond donors (Lipinski definition) is 1. The lowest BCUT2D eigenvalue weighted by atomic mass is 10.1. The Labute approximate surface area is 91.5 Å². The van der Waals surface area contributed by atoms with E-state index in [4.69, 9.17) is 0 Å². The van der Waals surface area contributed by atoms with Crippen LogP contribution in [0.3, 0.4) is 0 Å². The molecule has 0 bridgehead atoms. The van der Waals surface area contributed by atoms with Gasteiger partial charge >= 0.3 is 12.1 Å². The Morgan fingerprint density at radius 2 is 1.75 bits per heavy atom. The molecule has 0 heterocycles. The van der Waals surface area contributed by atoms with E-state index in [1.54, 1.807) is 24.3 Å². The van der Waals surface area contributed by atoms with Crippen molar-refractivity contribution < 1.29 is 18.0 Å². The van der Waals surface area contributed by atoms with Gasteiger partial charge in [0.25, 0.3) is 0 Å². The minimum atomic E-state index is -4.83. The molecule has 0 spiro atoms. The van der Waals surface area contributed by atoms with Gasteiger partial charge in [0.2, 0.25) is 0 Å². The van der Waals surface area contributed by atoms with Crippen molar-refractivity contribution in [1.82, 2.24) is 5.32 Å². The van der Waals surface area contributed by atoms with Gasteiger partial charge in [0.1, 0.15) is 0 Å². The molecule has 0 fully saturated rings. The van der Waals surface area contributed by atoms with Crippen molar-refractivity contribution in [1.29, 1.82) is 0 Å². The molecule has 1 aromatic rings. The summed E-state index contributed by atoms with van der Waals surface area (Å²) in [5.74, 6) is -1.92. The molecule has 1 atom stereocenters. The molecule has 0 aliphatic rings. The molecule has 2 nitrogen and oxygen atoms in total. The number of hydrogen-bond acceptors (Lipinski definition) is 1. The van der Waals surface area contributed by atoms with Crippen LogP contribution in [-0.2, 0) is 4.79 Å². The van der Waals surface area contributed by atoms with E-state index < -0.39 is 18.1 Å². The lowest BCUT2D eigenvalue weighted by Crippen LogP contribution is -2.38. The maximum atomic E-state index is 12.0. The molecular formula is C11H12F3NO. The van der Waals surface area contributed by atoms with Gasteiger partial charge in [0.05, 0.1) is 6.04 Å². The monoisotopic (exact) mass is 231 g/mol. The van der Waals surface area contributed by atoms with Gasteiger partial charge < -0.3 is 5.32 Å². The van der Waals surface area contributed by atoms with Crippen LogP contribution >= 0.6 is 0 Å². The second-order valence-corrected chi connectivity index (χ2v) is 3.60. The number of aryl methyl sites for hydroxylation is 1. The first-order chi connectivity index (χ1) is 7.30. The summed E-state index contributed by atoms with van der Waals surface area (Å²) in [4.78, 5) is 10.7. The number of rotatable bonds is 2. The molecule has 1 N–H and O–H groups in total. The van der Waals surface area contributed by atoms with Crippen LogP contribution in [0, 0.1) is 6.92 Å². The zero-order valence-electron chi connectivity index (χ0n) is 8.93. The largest absolute Gasteiger partial charge is 0.471 e. The van der Waals surface area contributed by atoms with Crippen LogP contribution < -0.4 is 5.32 Å². The van der Waals surface area contributed by atoms with Crippen molar-refractivity contribution in [2.24, 2.45) is 0 Å². The van der Waals surface area contributed by atoms with Gasteiger partial charge in [0, 0.05) is 0 Å². The van der Waals surface area contributed by atoms with Crippen molar-refractivity contribution in [2.75, 3.05) is 0 Å². The molecule has 88 valence electrons. The summed E-state index contributed by atoms with van der Waals surface area (Å²) in [6.07, 6.45) is -4.83. The fourth-order valence-corrected chi connectivity index (χ4v) is 1.22. The Kier molecular flexibility index (Phi) is 3.57.